The summed E-state index contributed by atoms with van der Waals surface area (Å²) in [6.45, 7) is 2.05. The summed E-state index contributed by atoms with van der Waals surface area (Å²) in [6, 6.07) is 19.9. The van der Waals surface area contributed by atoms with Crippen LogP contribution in [-0.4, -0.2) is 45.3 Å². The Morgan fingerprint density at radius 1 is 1.03 bits per heavy atom. The van der Waals surface area contributed by atoms with Crippen molar-refractivity contribution < 1.29 is 20.1 Å². The maximum absolute atomic E-state index is 10.5. The minimum Gasteiger partial charge on any atom is -0.387 e. The summed E-state index contributed by atoms with van der Waals surface area (Å²) >= 11 is 3.00. The van der Waals surface area contributed by atoms with Crippen LogP contribution in [0.15, 0.2) is 54.6 Å². The lowest BCUT2D eigenvalue weighted by Crippen LogP contribution is -2.52. The molecule has 0 amide bonds. The molecular formula is C25H25NO4S2. The van der Waals surface area contributed by atoms with E-state index < -0.39 is 29.9 Å². The lowest BCUT2D eigenvalue weighted by molar-refractivity contribution is -0.200. The highest BCUT2D eigenvalue weighted by Gasteiger charge is 2.44. The summed E-state index contributed by atoms with van der Waals surface area (Å²) in [6.07, 6.45) is -1.79. The van der Waals surface area contributed by atoms with Crippen LogP contribution in [0.1, 0.15) is 33.2 Å². The molecule has 5 atom stereocenters. The largest absolute Gasteiger partial charge is 0.387 e. The standard InChI is InChI=1S/C25H25NO4S2/c1-14-6-7-17(24-22(28)21(27)23(29)25(30-24)31-2)11-18(14)12-19-8-9-20(32-19)16-5-3-4-15(10-16)13-26/h3-11,21-25,27-29H,12H2,1-2H3/t21-,22-,23+,24+,25-/m1/s1. The number of thiophene rings is 1. The number of aliphatic hydroxyl groups is 3. The highest BCUT2D eigenvalue weighted by atomic mass is 32.2. The lowest BCUT2D eigenvalue weighted by atomic mass is 9.92. The molecule has 7 heteroatoms. The zero-order valence-electron chi connectivity index (χ0n) is 17.8. The third kappa shape index (κ3) is 4.62. The first kappa shape index (κ1) is 23.0. The molecule has 0 bridgehead atoms. The summed E-state index contributed by atoms with van der Waals surface area (Å²) in [5.74, 6) is 0. The third-order valence-electron chi connectivity index (χ3n) is 5.81. The first-order valence-electron chi connectivity index (χ1n) is 10.3. The molecule has 3 N–H and O–H groups in total. The summed E-state index contributed by atoms with van der Waals surface area (Å²) in [5.41, 5.74) is 4.08. The summed E-state index contributed by atoms with van der Waals surface area (Å²) in [4.78, 5) is 2.29. The van der Waals surface area contributed by atoms with Gasteiger partial charge in [-0.15, -0.1) is 23.1 Å². The minimum atomic E-state index is -1.26. The van der Waals surface area contributed by atoms with E-state index in [1.165, 1.54) is 16.6 Å². The van der Waals surface area contributed by atoms with Crippen LogP contribution in [0.5, 0.6) is 0 Å². The number of nitriles is 1. The van der Waals surface area contributed by atoms with Crippen LogP contribution in [-0.2, 0) is 11.2 Å². The van der Waals surface area contributed by atoms with Gasteiger partial charge in [-0.3, -0.25) is 0 Å². The Balaban J connectivity index is 1.58. The molecule has 3 aromatic rings. The van der Waals surface area contributed by atoms with E-state index in [4.69, 9.17) is 10.00 Å². The molecule has 0 aliphatic carbocycles. The molecule has 4 rings (SSSR count). The Morgan fingerprint density at radius 3 is 2.59 bits per heavy atom. The van der Waals surface area contributed by atoms with Crippen molar-refractivity contribution >= 4 is 23.1 Å². The van der Waals surface area contributed by atoms with Gasteiger partial charge in [0.1, 0.15) is 29.9 Å². The van der Waals surface area contributed by atoms with Crippen LogP contribution in [0, 0.1) is 18.3 Å². The van der Waals surface area contributed by atoms with Crippen molar-refractivity contribution in [2.45, 2.75) is 43.2 Å². The van der Waals surface area contributed by atoms with E-state index in [0.29, 0.717) is 5.56 Å². The Bertz CT molecular complexity index is 1140. The second kappa shape index (κ2) is 9.75. The maximum Gasteiger partial charge on any atom is 0.132 e. The minimum absolute atomic E-state index is 0.604. The molecule has 0 spiro atoms. The summed E-state index contributed by atoms with van der Waals surface area (Å²) in [7, 11) is 0. The molecule has 166 valence electrons. The van der Waals surface area contributed by atoms with Gasteiger partial charge in [0.05, 0.1) is 11.6 Å². The highest BCUT2D eigenvalue weighted by molar-refractivity contribution is 7.99. The normalized spacial score (nSPS) is 25.4. The Hall–Kier alpha value is -2.18. The van der Waals surface area contributed by atoms with Gasteiger partial charge in [0.15, 0.2) is 0 Å². The smallest absolute Gasteiger partial charge is 0.132 e. The monoisotopic (exact) mass is 467 g/mol. The van der Waals surface area contributed by atoms with Crippen molar-refractivity contribution in [3.05, 3.63) is 81.7 Å². The fourth-order valence-corrected chi connectivity index (χ4v) is 5.63. The number of aryl methyl sites for hydroxylation is 1. The number of benzene rings is 2. The fraction of sp³-hybridized carbons (Fsp3) is 0.320. The molecule has 1 saturated heterocycles. The molecule has 1 aliphatic heterocycles. The second-order valence-corrected chi connectivity index (χ2v) is 10.1. The fourth-order valence-electron chi connectivity index (χ4n) is 3.93. The van der Waals surface area contributed by atoms with Gasteiger partial charge in [-0.2, -0.15) is 5.26 Å². The molecular weight excluding hydrogens is 442 g/mol. The van der Waals surface area contributed by atoms with Gasteiger partial charge in [-0.25, -0.2) is 0 Å². The lowest BCUT2D eigenvalue weighted by Gasteiger charge is -2.40. The number of ether oxygens (including phenoxy) is 1. The average Bonchev–Trinajstić information content (AvgIpc) is 3.28. The van der Waals surface area contributed by atoms with Gasteiger partial charge in [0.2, 0.25) is 0 Å². The SMILES string of the molecule is CS[C@H]1O[C@@H](c2ccc(C)c(Cc3ccc(-c4cccc(C#N)c4)s3)c2)[C@H](O)[C@@H](O)[C@@H]1O. The zero-order chi connectivity index (χ0) is 22.8. The first-order valence-corrected chi connectivity index (χ1v) is 12.4. The van der Waals surface area contributed by atoms with E-state index in [1.54, 1.807) is 23.7 Å². The highest BCUT2D eigenvalue weighted by Crippen LogP contribution is 2.37. The number of aliphatic hydroxyl groups excluding tert-OH is 3. The van der Waals surface area contributed by atoms with E-state index in [1.807, 2.05) is 43.3 Å². The van der Waals surface area contributed by atoms with Crippen molar-refractivity contribution in [3.8, 4) is 16.5 Å². The molecule has 32 heavy (non-hydrogen) atoms. The van der Waals surface area contributed by atoms with E-state index in [9.17, 15) is 15.3 Å². The number of rotatable bonds is 5. The molecule has 0 radical (unpaired) electrons. The van der Waals surface area contributed by atoms with Crippen molar-refractivity contribution in [2.24, 2.45) is 0 Å². The molecule has 1 fully saturated rings. The number of nitrogens with zero attached hydrogens (tertiary/aromatic N) is 1. The van der Waals surface area contributed by atoms with Crippen LogP contribution in [0.4, 0.5) is 0 Å². The number of hydrogen-bond acceptors (Lipinski definition) is 7. The van der Waals surface area contributed by atoms with Crippen molar-refractivity contribution in [1.82, 2.24) is 0 Å². The second-order valence-electron chi connectivity index (χ2n) is 7.95. The van der Waals surface area contributed by atoms with Gasteiger partial charge in [-0.05, 0) is 59.7 Å². The molecule has 2 aromatic carbocycles. The van der Waals surface area contributed by atoms with Crippen LogP contribution in [0.3, 0.4) is 0 Å². The van der Waals surface area contributed by atoms with Crippen LogP contribution >= 0.6 is 23.1 Å². The molecule has 2 heterocycles. The molecule has 1 aliphatic rings. The molecule has 5 nitrogen and oxygen atoms in total. The van der Waals surface area contributed by atoms with Crippen molar-refractivity contribution in [3.63, 3.8) is 0 Å². The Labute approximate surface area is 195 Å². The van der Waals surface area contributed by atoms with Gasteiger partial charge in [0, 0.05) is 16.2 Å². The topological polar surface area (TPSA) is 93.7 Å². The molecule has 1 aromatic heterocycles. The first-order chi connectivity index (χ1) is 15.4. The average molecular weight is 468 g/mol. The number of thioether (sulfide) groups is 1. The van der Waals surface area contributed by atoms with Gasteiger partial charge >= 0.3 is 0 Å². The summed E-state index contributed by atoms with van der Waals surface area (Å²) < 4.78 is 5.92. The van der Waals surface area contributed by atoms with Crippen molar-refractivity contribution in [2.75, 3.05) is 6.26 Å². The molecule has 0 saturated carbocycles. The van der Waals surface area contributed by atoms with E-state index in [-0.39, 0.29) is 0 Å². The van der Waals surface area contributed by atoms with Gasteiger partial charge < -0.3 is 20.1 Å². The van der Waals surface area contributed by atoms with E-state index in [0.717, 1.165) is 33.6 Å². The van der Waals surface area contributed by atoms with Gasteiger partial charge in [0.25, 0.3) is 0 Å². The predicted octanol–water partition coefficient (Wildman–Crippen LogP) is 4.03. The van der Waals surface area contributed by atoms with Crippen molar-refractivity contribution in [1.29, 1.82) is 5.26 Å². The Morgan fingerprint density at radius 2 is 1.84 bits per heavy atom. The van der Waals surface area contributed by atoms with Crippen LogP contribution < -0.4 is 0 Å². The Kier molecular flexibility index (Phi) is 7.01. The van der Waals surface area contributed by atoms with Crippen LogP contribution in [0.25, 0.3) is 10.4 Å². The zero-order valence-corrected chi connectivity index (χ0v) is 19.4. The quantitative estimate of drug-likeness (QED) is 0.525. The molecule has 0 unspecified atom stereocenters. The van der Waals surface area contributed by atoms with Crippen LogP contribution in [0.2, 0.25) is 0 Å². The number of hydrogen-bond donors (Lipinski definition) is 3. The van der Waals surface area contributed by atoms with Gasteiger partial charge in [-0.1, -0.05) is 30.3 Å². The maximum atomic E-state index is 10.5. The van der Waals surface area contributed by atoms with E-state index >= 15 is 0 Å². The summed E-state index contributed by atoms with van der Waals surface area (Å²) in [5, 5.41) is 40.1. The van der Waals surface area contributed by atoms with E-state index in [2.05, 4.69) is 18.2 Å². The predicted molar refractivity (Wildman–Crippen MR) is 128 cm³/mol. The third-order valence-corrected chi connectivity index (χ3v) is 7.80.